The SMILES string of the molecule is CC(C)CCNC(=O)[C@H]1c2ccccc2C(=O)N(c2ccccc2)C12CCCC2. The summed E-state index contributed by atoms with van der Waals surface area (Å²) >= 11 is 0. The predicted molar refractivity (Wildman–Crippen MR) is 116 cm³/mol. The number of anilines is 1. The van der Waals surface area contributed by atoms with E-state index in [0.29, 0.717) is 18.0 Å². The molecule has 0 radical (unpaired) electrons. The quantitative estimate of drug-likeness (QED) is 0.789. The van der Waals surface area contributed by atoms with E-state index in [2.05, 4.69) is 19.2 Å². The summed E-state index contributed by atoms with van der Waals surface area (Å²) < 4.78 is 0. The lowest BCUT2D eigenvalue weighted by Gasteiger charge is -2.50. The largest absolute Gasteiger partial charge is 0.355 e. The van der Waals surface area contributed by atoms with E-state index in [1.165, 1.54) is 0 Å². The minimum atomic E-state index is -0.491. The van der Waals surface area contributed by atoms with Gasteiger partial charge in [0.15, 0.2) is 0 Å². The molecule has 0 aromatic heterocycles. The Morgan fingerprint density at radius 3 is 2.41 bits per heavy atom. The third-order valence-electron chi connectivity index (χ3n) is 6.45. The fourth-order valence-corrected chi connectivity index (χ4v) is 5.11. The van der Waals surface area contributed by atoms with Crippen LogP contribution in [0.1, 0.15) is 67.8 Å². The van der Waals surface area contributed by atoms with Crippen molar-refractivity contribution < 1.29 is 9.59 Å². The van der Waals surface area contributed by atoms with E-state index in [-0.39, 0.29) is 17.7 Å². The minimum Gasteiger partial charge on any atom is -0.355 e. The Balaban J connectivity index is 1.81. The summed E-state index contributed by atoms with van der Waals surface area (Å²) in [6, 6.07) is 17.5. The smallest absolute Gasteiger partial charge is 0.259 e. The van der Waals surface area contributed by atoms with Crippen LogP contribution in [0.4, 0.5) is 5.69 Å². The highest BCUT2D eigenvalue weighted by Gasteiger charge is 2.56. The molecule has 152 valence electrons. The summed E-state index contributed by atoms with van der Waals surface area (Å²) in [5, 5.41) is 3.19. The molecule has 2 amide bonds. The second kappa shape index (κ2) is 8.02. The molecule has 0 bridgehead atoms. The van der Waals surface area contributed by atoms with Crippen LogP contribution in [0, 0.1) is 5.92 Å². The van der Waals surface area contributed by atoms with Crippen LogP contribution in [-0.4, -0.2) is 23.9 Å². The Bertz CT molecular complexity index is 885. The fourth-order valence-electron chi connectivity index (χ4n) is 5.11. The minimum absolute atomic E-state index is 0.0138. The molecule has 4 heteroatoms. The molecule has 4 nitrogen and oxygen atoms in total. The highest BCUT2D eigenvalue weighted by molar-refractivity contribution is 6.12. The molecule has 1 N–H and O–H groups in total. The zero-order valence-electron chi connectivity index (χ0n) is 17.4. The number of fused-ring (bicyclic) bond motifs is 1. The number of hydrogen-bond acceptors (Lipinski definition) is 2. The van der Waals surface area contributed by atoms with E-state index < -0.39 is 5.54 Å². The van der Waals surface area contributed by atoms with Crippen molar-refractivity contribution in [2.24, 2.45) is 5.92 Å². The normalized spacial score (nSPS) is 20.2. The van der Waals surface area contributed by atoms with Gasteiger partial charge in [0, 0.05) is 17.8 Å². The van der Waals surface area contributed by atoms with Gasteiger partial charge in [-0.1, -0.05) is 63.1 Å². The van der Waals surface area contributed by atoms with Crippen LogP contribution in [0.15, 0.2) is 54.6 Å². The molecule has 1 saturated carbocycles. The van der Waals surface area contributed by atoms with Gasteiger partial charge < -0.3 is 10.2 Å². The second-order valence-corrected chi connectivity index (χ2v) is 8.78. The number of para-hydroxylation sites is 1. The van der Waals surface area contributed by atoms with E-state index >= 15 is 0 Å². The summed E-state index contributed by atoms with van der Waals surface area (Å²) in [5.41, 5.74) is 1.93. The highest BCUT2D eigenvalue weighted by Crippen LogP contribution is 2.51. The third kappa shape index (κ3) is 3.45. The maximum absolute atomic E-state index is 13.6. The lowest BCUT2D eigenvalue weighted by Crippen LogP contribution is -2.61. The van der Waals surface area contributed by atoms with E-state index in [4.69, 9.17) is 0 Å². The van der Waals surface area contributed by atoms with Crippen LogP contribution in [0.25, 0.3) is 0 Å². The van der Waals surface area contributed by atoms with Crippen molar-refractivity contribution in [3.8, 4) is 0 Å². The first-order valence-corrected chi connectivity index (χ1v) is 10.8. The Labute approximate surface area is 173 Å². The van der Waals surface area contributed by atoms with Gasteiger partial charge in [0.25, 0.3) is 5.91 Å². The monoisotopic (exact) mass is 390 g/mol. The van der Waals surface area contributed by atoms with Crippen LogP contribution < -0.4 is 10.2 Å². The molecule has 1 spiro atoms. The molecule has 29 heavy (non-hydrogen) atoms. The number of rotatable bonds is 5. The number of nitrogens with one attached hydrogen (secondary N) is 1. The third-order valence-corrected chi connectivity index (χ3v) is 6.45. The molecule has 2 aromatic rings. The summed E-state index contributed by atoms with van der Waals surface area (Å²) in [6.07, 6.45) is 4.73. The molecule has 2 aromatic carbocycles. The van der Waals surface area contributed by atoms with Crippen LogP contribution in [-0.2, 0) is 4.79 Å². The molecule has 1 aliphatic heterocycles. The van der Waals surface area contributed by atoms with Crippen molar-refractivity contribution in [1.82, 2.24) is 5.32 Å². The number of carbonyl (C=O) groups excluding carboxylic acids is 2. The molecule has 1 atom stereocenters. The Hall–Kier alpha value is -2.62. The lowest BCUT2D eigenvalue weighted by molar-refractivity contribution is -0.124. The standard InChI is InChI=1S/C25H30N2O2/c1-18(2)14-17-26-23(28)22-20-12-6-7-13-21(20)24(29)27(19-10-4-3-5-11-19)25(22)15-8-9-16-25/h3-7,10-13,18,22H,8-9,14-17H2,1-2H3,(H,26,28)/t22-/m1/s1. The van der Waals surface area contributed by atoms with E-state index in [1.54, 1.807) is 0 Å². The summed E-state index contributed by atoms with van der Waals surface area (Å²) in [6.45, 7) is 5.00. The predicted octanol–water partition coefficient (Wildman–Crippen LogP) is 4.91. The number of benzene rings is 2. The average Bonchev–Trinajstić information content (AvgIpc) is 3.18. The Morgan fingerprint density at radius 1 is 1.07 bits per heavy atom. The van der Waals surface area contributed by atoms with Gasteiger partial charge in [0.2, 0.25) is 5.91 Å². The van der Waals surface area contributed by atoms with Gasteiger partial charge in [-0.3, -0.25) is 9.59 Å². The molecule has 0 saturated heterocycles. The first-order valence-electron chi connectivity index (χ1n) is 10.8. The van der Waals surface area contributed by atoms with E-state index in [9.17, 15) is 9.59 Å². The molecular formula is C25H30N2O2. The Kier molecular flexibility index (Phi) is 5.44. The van der Waals surface area contributed by atoms with Gasteiger partial charge in [-0.2, -0.15) is 0 Å². The van der Waals surface area contributed by atoms with Crippen LogP contribution in [0.5, 0.6) is 0 Å². The van der Waals surface area contributed by atoms with E-state index in [0.717, 1.165) is 43.4 Å². The molecule has 1 fully saturated rings. The second-order valence-electron chi connectivity index (χ2n) is 8.78. The van der Waals surface area contributed by atoms with Gasteiger partial charge in [-0.15, -0.1) is 0 Å². The van der Waals surface area contributed by atoms with Crippen molar-refractivity contribution in [1.29, 1.82) is 0 Å². The van der Waals surface area contributed by atoms with Crippen molar-refractivity contribution in [2.75, 3.05) is 11.4 Å². The zero-order valence-corrected chi connectivity index (χ0v) is 17.4. The summed E-state index contributed by atoms with van der Waals surface area (Å²) in [5.74, 6) is 0.261. The maximum atomic E-state index is 13.6. The summed E-state index contributed by atoms with van der Waals surface area (Å²) in [7, 11) is 0. The highest BCUT2D eigenvalue weighted by atomic mass is 16.2. The first kappa shape index (κ1) is 19.7. The number of amides is 2. The van der Waals surface area contributed by atoms with E-state index in [1.807, 2.05) is 59.5 Å². The van der Waals surface area contributed by atoms with Crippen LogP contribution >= 0.6 is 0 Å². The topological polar surface area (TPSA) is 49.4 Å². The molecule has 4 rings (SSSR count). The number of carbonyl (C=O) groups is 2. The van der Waals surface area contributed by atoms with Crippen molar-refractivity contribution >= 4 is 17.5 Å². The Morgan fingerprint density at radius 2 is 1.72 bits per heavy atom. The van der Waals surface area contributed by atoms with Crippen LogP contribution in [0.3, 0.4) is 0 Å². The number of nitrogens with zero attached hydrogens (tertiary/aromatic N) is 1. The van der Waals surface area contributed by atoms with Gasteiger partial charge in [0.05, 0.1) is 11.5 Å². The van der Waals surface area contributed by atoms with Crippen molar-refractivity contribution in [3.63, 3.8) is 0 Å². The van der Waals surface area contributed by atoms with Crippen LogP contribution in [0.2, 0.25) is 0 Å². The first-order chi connectivity index (χ1) is 14.0. The van der Waals surface area contributed by atoms with Crippen molar-refractivity contribution in [3.05, 3.63) is 65.7 Å². The zero-order chi connectivity index (χ0) is 20.4. The van der Waals surface area contributed by atoms with Gasteiger partial charge in [-0.25, -0.2) is 0 Å². The lowest BCUT2D eigenvalue weighted by atomic mass is 9.70. The fraction of sp³-hybridized carbons (Fsp3) is 0.440. The molecular weight excluding hydrogens is 360 g/mol. The van der Waals surface area contributed by atoms with Gasteiger partial charge in [-0.05, 0) is 48.9 Å². The van der Waals surface area contributed by atoms with Gasteiger partial charge in [0.1, 0.15) is 0 Å². The van der Waals surface area contributed by atoms with Gasteiger partial charge >= 0.3 is 0 Å². The maximum Gasteiger partial charge on any atom is 0.259 e. The molecule has 2 aliphatic rings. The average molecular weight is 391 g/mol. The molecule has 1 aliphatic carbocycles. The molecule has 1 heterocycles. The van der Waals surface area contributed by atoms with Crippen molar-refractivity contribution in [2.45, 2.75) is 57.4 Å². The molecule has 0 unspecified atom stereocenters. The number of hydrogen-bond donors (Lipinski definition) is 1. The summed E-state index contributed by atoms with van der Waals surface area (Å²) in [4.78, 5) is 29.1.